The molecule has 0 aliphatic rings. The number of nitrogens with one attached hydrogen (secondary N) is 1. The summed E-state index contributed by atoms with van der Waals surface area (Å²) in [4.78, 5) is 13.1. The predicted octanol–water partition coefficient (Wildman–Crippen LogP) is 5.19. The van der Waals surface area contributed by atoms with Crippen molar-refractivity contribution in [3.05, 3.63) is 59.1 Å². The van der Waals surface area contributed by atoms with Crippen LogP contribution < -0.4 is 5.32 Å². The first-order chi connectivity index (χ1) is 13.4. The molecule has 0 spiro atoms. The Kier molecular flexibility index (Phi) is 4.69. The maximum atomic E-state index is 12.6. The van der Waals surface area contributed by atoms with Crippen molar-refractivity contribution in [2.45, 2.75) is 6.18 Å². The Morgan fingerprint density at radius 2 is 1.89 bits per heavy atom. The summed E-state index contributed by atoms with van der Waals surface area (Å²) in [5.74, 6) is -0.0514. The first-order valence-corrected chi connectivity index (χ1v) is 9.43. The molecule has 28 heavy (non-hydrogen) atoms. The lowest BCUT2D eigenvalue weighted by molar-refractivity contribution is -0.137. The molecular weight excluding hydrogens is 413 g/mol. The zero-order valence-corrected chi connectivity index (χ0v) is 15.4. The third kappa shape index (κ3) is 3.80. The van der Waals surface area contributed by atoms with E-state index in [1.165, 1.54) is 29.5 Å². The smallest absolute Gasteiger partial charge is 0.355 e. The molecule has 11 heteroatoms. The van der Waals surface area contributed by atoms with Crippen LogP contribution in [0, 0.1) is 0 Å². The monoisotopic (exact) mass is 422 g/mol. The Balaban J connectivity index is 1.47. The number of alkyl halides is 3. The van der Waals surface area contributed by atoms with E-state index in [0.29, 0.717) is 16.3 Å². The molecule has 0 unspecified atom stereocenters. The second-order valence-corrected chi connectivity index (χ2v) is 7.42. The topological polar surface area (TPSA) is 80.9 Å². The van der Waals surface area contributed by atoms with Gasteiger partial charge in [0, 0.05) is 11.6 Å². The number of carbonyl (C=O) groups is 1. The van der Waals surface area contributed by atoms with Crippen LogP contribution in [-0.4, -0.2) is 21.3 Å². The summed E-state index contributed by atoms with van der Waals surface area (Å²) in [7, 11) is 0. The molecule has 0 bridgehead atoms. The van der Waals surface area contributed by atoms with Crippen molar-refractivity contribution in [2.75, 3.05) is 5.32 Å². The quantitative estimate of drug-likeness (QED) is 0.489. The van der Waals surface area contributed by atoms with Gasteiger partial charge in [0.25, 0.3) is 5.91 Å². The van der Waals surface area contributed by atoms with Crippen LogP contribution in [0.4, 0.5) is 18.3 Å². The normalized spacial score (nSPS) is 11.5. The molecule has 0 atom stereocenters. The lowest BCUT2D eigenvalue weighted by atomic mass is 10.1. The van der Waals surface area contributed by atoms with Gasteiger partial charge in [-0.1, -0.05) is 34.7 Å². The molecule has 4 aromatic rings. The van der Waals surface area contributed by atoms with Crippen molar-refractivity contribution < 1.29 is 22.5 Å². The number of hydrogen-bond donors (Lipinski definition) is 1. The van der Waals surface area contributed by atoms with Gasteiger partial charge >= 0.3 is 6.18 Å². The van der Waals surface area contributed by atoms with Crippen molar-refractivity contribution >= 4 is 33.7 Å². The van der Waals surface area contributed by atoms with Crippen LogP contribution in [-0.2, 0) is 6.18 Å². The molecule has 0 radical (unpaired) electrons. The minimum Gasteiger partial charge on any atom is -0.355 e. The number of halogens is 3. The highest BCUT2D eigenvalue weighted by Gasteiger charge is 2.30. The Labute approximate surface area is 163 Å². The molecule has 0 saturated heterocycles. The minimum absolute atomic E-state index is 0.0784. The van der Waals surface area contributed by atoms with Gasteiger partial charge in [-0.2, -0.15) is 13.2 Å². The summed E-state index contributed by atoms with van der Waals surface area (Å²) < 4.78 is 43.1. The molecule has 142 valence electrons. The van der Waals surface area contributed by atoms with Gasteiger partial charge in [0.05, 0.1) is 10.4 Å². The first kappa shape index (κ1) is 18.3. The fourth-order valence-electron chi connectivity index (χ4n) is 2.27. The van der Waals surface area contributed by atoms with E-state index in [9.17, 15) is 18.0 Å². The molecular formula is C17H9F3N4O2S2. The van der Waals surface area contributed by atoms with Crippen LogP contribution in [0.2, 0.25) is 0 Å². The molecule has 1 amide bonds. The number of benzene rings is 1. The van der Waals surface area contributed by atoms with Gasteiger partial charge in [-0.25, -0.2) is 0 Å². The van der Waals surface area contributed by atoms with E-state index in [4.69, 9.17) is 4.52 Å². The van der Waals surface area contributed by atoms with Crippen LogP contribution in [0.1, 0.15) is 16.1 Å². The second-order valence-electron chi connectivity index (χ2n) is 5.50. The van der Waals surface area contributed by atoms with Gasteiger partial charge in [0.15, 0.2) is 11.5 Å². The molecule has 1 aromatic carbocycles. The van der Waals surface area contributed by atoms with Crippen molar-refractivity contribution in [1.82, 2.24) is 15.4 Å². The van der Waals surface area contributed by atoms with Gasteiger partial charge in [-0.05, 0) is 23.6 Å². The first-order valence-electron chi connectivity index (χ1n) is 7.73. The van der Waals surface area contributed by atoms with E-state index >= 15 is 0 Å². The number of rotatable bonds is 4. The van der Waals surface area contributed by atoms with Crippen molar-refractivity contribution in [1.29, 1.82) is 0 Å². The second kappa shape index (κ2) is 7.17. The summed E-state index contributed by atoms with van der Waals surface area (Å²) in [6.07, 6.45) is -4.40. The van der Waals surface area contributed by atoms with E-state index < -0.39 is 17.6 Å². The molecule has 0 saturated carbocycles. The summed E-state index contributed by atoms with van der Waals surface area (Å²) in [6, 6.07) is 9.76. The largest absolute Gasteiger partial charge is 0.416 e. The molecule has 3 aromatic heterocycles. The van der Waals surface area contributed by atoms with Gasteiger partial charge < -0.3 is 4.52 Å². The van der Waals surface area contributed by atoms with Crippen molar-refractivity contribution in [3.63, 3.8) is 0 Å². The number of hydrogen-bond acceptors (Lipinski definition) is 7. The lowest BCUT2D eigenvalue weighted by Crippen LogP contribution is -2.11. The lowest BCUT2D eigenvalue weighted by Gasteiger charge is -2.06. The van der Waals surface area contributed by atoms with E-state index in [-0.39, 0.29) is 10.8 Å². The Morgan fingerprint density at radius 3 is 2.57 bits per heavy atom. The summed E-state index contributed by atoms with van der Waals surface area (Å²) in [6.45, 7) is 0. The maximum Gasteiger partial charge on any atom is 0.416 e. The Morgan fingerprint density at radius 1 is 1.11 bits per heavy atom. The zero-order valence-electron chi connectivity index (χ0n) is 13.7. The minimum atomic E-state index is -4.40. The molecule has 4 rings (SSSR count). The predicted molar refractivity (Wildman–Crippen MR) is 98.1 cm³/mol. The van der Waals surface area contributed by atoms with Crippen LogP contribution in [0.5, 0.6) is 0 Å². The average Bonchev–Trinajstić information content (AvgIpc) is 3.41. The van der Waals surface area contributed by atoms with E-state index in [1.54, 1.807) is 0 Å². The van der Waals surface area contributed by atoms with Crippen LogP contribution in [0.25, 0.3) is 21.2 Å². The summed E-state index contributed by atoms with van der Waals surface area (Å²) >= 11 is 2.49. The highest BCUT2D eigenvalue weighted by molar-refractivity contribution is 7.18. The summed E-state index contributed by atoms with van der Waals surface area (Å²) in [5.41, 5.74) is -0.205. The van der Waals surface area contributed by atoms with Crippen molar-refractivity contribution in [2.24, 2.45) is 0 Å². The van der Waals surface area contributed by atoms with Crippen LogP contribution in [0.3, 0.4) is 0 Å². The van der Waals surface area contributed by atoms with Crippen molar-refractivity contribution in [3.8, 4) is 21.2 Å². The standard InChI is InChI=1S/C17H9F3N4O2S2/c18-17(19,20)10-5-3-9(4-6-10)15-22-23-16(28-15)21-14(25)11-8-12(26-24-11)13-2-1-7-27-13/h1-8H,(H,21,23,25). The third-order valence-corrected chi connectivity index (χ3v) is 5.38. The molecule has 6 nitrogen and oxygen atoms in total. The number of thiophene rings is 1. The van der Waals surface area contributed by atoms with E-state index in [1.807, 2.05) is 17.5 Å². The number of anilines is 1. The van der Waals surface area contributed by atoms with E-state index in [2.05, 4.69) is 20.7 Å². The molecule has 0 fully saturated rings. The number of nitrogens with zero attached hydrogens (tertiary/aromatic N) is 3. The summed E-state index contributed by atoms with van der Waals surface area (Å²) in [5, 5.41) is 16.5. The van der Waals surface area contributed by atoms with Crippen LogP contribution in [0.15, 0.2) is 52.4 Å². The highest BCUT2D eigenvalue weighted by Crippen LogP contribution is 2.32. The number of amides is 1. The zero-order chi connectivity index (χ0) is 19.7. The van der Waals surface area contributed by atoms with E-state index in [0.717, 1.165) is 28.3 Å². The molecule has 0 aliphatic carbocycles. The molecule has 0 aliphatic heterocycles. The highest BCUT2D eigenvalue weighted by atomic mass is 32.1. The molecule has 1 N–H and O–H groups in total. The fraction of sp³-hybridized carbons (Fsp3) is 0.0588. The van der Waals surface area contributed by atoms with Gasteiger partial charge in [-0.3, -0.25) is 10.1 Å². The maximum absolute atomic E-state index is 12.6. The van der Waals surface area contributed by atoms with Gasteiger partial charge in [-0.15, -0.1) is 21.5 Å². The van der Waals surface area contributed by atoms with Gasteiger partial charge in [0.2, 0.25) is 5.13 Å². The average molecular weight is 422 g/mol. The SMILES string of the molecule is O=C(Nc1nnc(-c2ccc(C(F)(F)F)cc2)s1)c1cc(-c2cccs2)on1. The number of carbonyl (C=O) groups excluding carboxylic acids is 1. The molecule has 3 heterocycles. The third-order valence-electron chi connectivity index (χ3n) is 3.61. The Hall–Kier alpha value is -3.05. The van der Waals surface area contributed by atoms with Gasteiger partial charge in [0.1, 0.15) is 5.01 Å². The van der Waals surface area contributed by atoms with Crippen LogP contribution >= 0.6 is 22.7 Å². The fourth-order valence-corrected chi connectivity index (χ4v) is 3.69. The number of aromatic nitrogens is 3. The Bertz CT molecular complexity index is 1100.